The van der Waals surface area contributed by atoms with Gasteiger partial charge >= 0.3 is 0 Å². The normalized spacial score (nSPS) is 12.7. The predicted octanol–water partition coefficient (Wildman–Crippen LogP) is -0.332. The predicted molar refractivity (Wildman–Crippen MR) is 44.9 cm³/mol. The van der Waals surface area contributed by atoms with E-state index in [4.69, 9.17) is 9.47 Å². The molecule has 0 heterocycles. The maximum atomic E-state index is 10.5. The van der Waals surface area contributed by atoms with Gasteiger partial charge in [-0.2, -0.15) is 0 Å². The fourth-order valence-corrected chi connectivity index (χ4v) is 0.821. The van der Waals surface area contributed by atoms with Crippen molar-refractivity contribution in [2.45, 2.75) is 6.29 Å². The quantitative estimate of drug-likeness (QED) is 0.610. The first-order valence-corrected chi connectivity index (χ1v) is 5.08. The average molecular weight is 195 g/mol. The number of hydrogen-bond acceptors (Lipinski definition) is 4. The number of rotatable bonds is 5. The second-order valence-corrected chi connectivity index (χ2v) is 3.87. The Balaban J connectivity index is 3.90. The number of ether oxygens (including phenoxy) is 2. The minimum absolute atomic E-state index is 0.528. The van der Waals surface area contributed by atoms with Crippen LogP contribution in [0.15, 0.2) is 12.3 Å². The van der Waals surface area contributed by atoms with Crippen molar-refractivity contribution in [3.63, 3.8) is 0 Å². The Hall–Kier alpha value is -0.590. The van der Waals surface area contributed by atoms with Crippen molar-refractivity contribution in [1.29, 1.82) is 0 Å². The second kappa shape index (κ2) is 5.13. The Kier molecular flexibility index (Phi) is 4.87. The molecule has 0 amide bonds. The summed E-state index contributed by atoms with van der Waals surface area (Å²) in [6, 6.07) is 0. The summed E-state index contributed by atoms with van der Waals surface area (Å²) >= 11 is 0. The van der Waals surface area contributed by atoms with Crippen molar-refractivity contribution in [1.82, 2.24) is 4.72 Å². The van der Waals surface area contributed by atoms with Gasteiger partial charge in [-0.1, -0.05) is 0 Å². The van der Waals surface area contributed by atoms with E-state index in [1.165, 1.54) is 26.5 Å². The summed E-state index contributed by atoms with van der Waals surface area (Å²) in [7, 11) is -0.270. The molecule has 0 fully saturated rings. The fourth-order valence-electron chi connectivity index (χ4n) is 0.495. The van der Waals surface area contributed by atoms with Crippen LogP contribution in [0.1, 0.15) is 0 Å². The van der Waals surface area contributed by atoms with E-state index in [0.29, 0.717) is 0 Å². The van der Waals surface area contributed by atoms with Gasteiger partial charge in [0.1, 0.15) is 0 Å². The van der Waals surface area contributed by atoms with Gasteiger partial charge < -0.3 is 9.47 Å². The van der Waals surface area contributed by atoms with Crippen LogP contribution in [0.3, 0.4) is 0 Å². The van der Waals surface area contributed by atoms with E-state index < -0.39 is 16.3 Å². The zero-order valence-corrected chi connectivity index (χ0v) is 8.09. The van der Waals surface area contributed by atoms with Crippen LogP contribution in [-0.4, -0.2) is 35.2 Å². The smallest absolute Gasteiger partial charge is 0.229 e. The zero-order chi connectivity index (χ0) is 9.61. The van der Waals surface area contributed by atoms with Crippen LogP contribution in [0.25, 0.3) is 0 Å². The van der Waals surface area contributed by atoms with Crippen molar-refractivity contribution in [3.05, 3.63) is 12.3 Å². The molecule has 0 saturated heterocycles. The molecule has 0 aromatic carbocycles. The topological polar surface area (TPSA) is 64.6 Å². The largest absolute Gasteiger partial charge is 0.352 e. The van der Waals surface area contributed by atoms with E-state index in [0.717, 1.165) is 6.26 Å². The molecule has 5 nitrogen and oxygen atoms in total. The van der Waals surface area contributed by atoms with Crippen molar-refractivity contribution in [2.24, 2.45) is 0 Å². The van der Waals surface area contributed by atoms with Gasteiger partial charge in [-0.3, -0.25) is 4.72 Å². The number of hydrogen-bond donors (Lipinski definition) is 1. The monoisotopic (exact) mass is 195 g/mol. The molecule has 0 aliphatic carbocycles. The van der Waals surface area contributed by atoms with Gasteiger partial charge in [0.15, 0.2) is 6.29 Å². The third-order valence-corrected chi connectivity index (χ3v) is 1.56. The molecule has 0 bridgehead atoms. The van der Waals surface area contributed by atoms with Gasteiger partial charge in [0.2, 0.25) is 10.0 Å². The Morgan fingerprint density at radius 3 is 2.17 bits per heavy atom. The molecule has 12 heavy (non-hydrogen) atoms. The van der Waals surface area contributed by atoms with Crippen LogP contribution in [-0.2, 0) is 19.5 Å². The molecule has 0 spiro atoms. The minimum atomic E-state index is -3.18. The molecule has 0 saturated carbocycles. The van der Waals surface area contributed by atoms with Crippen molar-refractivity contribution in [3.8, 4) is 0 Å². The molecule has 0 rings (SSSR count). The highest BCUT2D eigenvalue weighted by Crippen LogP contribution is 1.91. The summed E-state index contributed by atoms with van der Waals surface area (Å²) in [5.41, 5.74) is 0. The van der Waals surface area contributed by atoms with Gasteiger partial charge in [0.25, 0.3) is 0 Å². The van der Waals surface area contributed by atoms with E-state index >= 15 is 0 Å². The van der Waals surface area contributed by atoms with Gasteiger partial charge in [-0.15, -0.1) is 0 Å². The van der Waals surface area contributed by atoms with Crippen LogP contribution >= 0.6 is 0 Å². The van der Waals surface area contributed by atoms with Gasteiger partial charge in [-0.05, 0) is 6.08 Å². The van der Waals surface area contributed by atoms with E-state index in [1.807, 2.05) is 0 Å². The summed E-state index contributed by atoms with van der Waals surface area (Å²) < 4.78 is 32.8. The zero-order valence-electron chi connectivity index (χ0n) is 7.27. The lowest BCUT2D eigenvalue weighted by atomic mass is 10.6. The fraction of sp³-hybridized carbons (Fsp3) is 0.667. The summed E-state index contributed by atoms with van der Waals surface area (Å²) in [6.45, 7) is 0. The molecule has 6 heteroatoms. The van der Waals surface area contributed by atoms with Crippen LogP contribution in [0.4, 0.5) is 0 Å². The first kappa shape index (κ1) is 11.4. The molecule has 1 N–H and O–H groups in total. The van der Waals surface area contributed by atoms with Crippen molar-refractivity contribution < 1.29 is 17.9 Å². The first-order chi connectivity index (χ1) is 5.49. The Bertz CT molecular complexity index is 230. The Morgan fingerprint density at radius 1 is 1.33 bits per heavy atom. The van der Waals surface area contributed by atoms with Crippen molar-refractivity contribution >= 4 is 10.0 Å². The van der Waals surface area contributed by atoms with Gasteiger partial charge in [-0.25, -0.2) is 8.42 Å². The SMILES string of the molecule is COC(/C=C/NS(C)(=O)=O)OC. The Labute approximate surface area is 72.4 Å². The second-order valence-electron chi connectivity index (χ2n) is 2.09. The molecule has 0 radical (unpaired) electrons. The number of methoxy groups -OCH3 is 2. The highest BCUT2D eigenvalue weighted by molar-refractivity contribution is 7.88. The lowest BCUT2D eigenvalue weighted by molar-refractivity contribution is -0.0667. The van der Waals surface area contributed by atoms with E-state index in [9.17, 15) is 8.42 Å². The number of sulfonamides is 1. The Morgan fingerprint density at radius 2 is 1.83 bits per heavy atom. The molecule has 0 aliphatic rings. The molecule has 0 atom stereocenters. The molecule has 0 aliphatic heterocycles. The van der Waals surface area contributed by atoms with E-state index in [1.54, 1.807) is 0 Å². The van der Waals surface area contributed by atoms with Crippen LogP contribution < -0.4 is 4.72 Å². The van der Waals surface area contributed by atoms with Crippen LogP contribution in [0.5, 0.6) is 0 Å². The standard InChI is InChI=1S/C6H13NO4S/c1-10-6(11-2)4-5-7-12(3,8)9/h4-7H,1-3H3/b5-4+. The van der Waals surface area contributed by atoms with E-state index in [-0.39, 0.29) is 0 Å². The minimum Gasteiger partial charge on any atom is -0.352 e. The molecule has 0 unspecified atom stereocenters. The summed E-state index contributed by atoms with van der Waals surface area (Å²) in [4.78, 5) is 0. The highest BCUT2D eigenvalue weighted by atomic mass is 32.2. The average Bonchev–Trinajstić information content (AvgIpc) is 1.96. The maximum absolute atomic E-state index is 10.5. The summed E-state index contributed by atoms with van der Waals surface area (Å²) in [5, 5.41) is 0. The maximum Gasteiger partial charge on any atom is 0.229 e. The number of nitrogens with one attached hydrogen (secondary N) is 1. The van der Waals surface area contributed by atoms with Crippen LogP contribution in [0.2, 0.25) is 0 Å². The third kappa shape index (κ3) is 6.14. The first-order valence-electron chi connectivity index (χ1n) is 3.19. The lowest BCUT2D eigenvalue weighted by Crippen LogP contribution is -2.17. The molecular formula is C6H13NO4S. The molecular weight excluding hydrogens is 182 g/mol. The van der Waals surface area contributed by atoms with Gasteiger partial charge in [0, 0.05) is 20.4 Å². The molecule has 0 aromatic heterocycles. The lowest BCUT2D eigenvalue weighted by Gasteiger charge is -2.06. The highest BCUT2D eigenvalue weighted by Gasteiger charge is 1.98. The van der Waals surface area contributed by atoms with Gasteiger partial charge in [0.05, 0.1) is 6.26 Å². The van der Waals surface area contributed by atoms with Crippen LogP contribution in [0, 0.1) is 0 Å². The molecule has 0 aromatic rings. The third-order valence-electron chi connectivity index (χ3n) is 1.00. The summed E-state index contributed by atoms with van der Waals surface area (Å²) in [6.07, 6.45) is 3.24. The molecule has 72 valence electrons. The van der Waals surface area contributed by atoms with E-state index in [2.05, 4.69) is 4.72 Å². The summed E-state index contributed by atoms with van der Waals surface area (Å²) in [5.74, 6) is 0. The van der Waals surface area contributed by atoms with Crippen molar-refractivity contribution in [2.75, 3.05) is 20.5 Å².